The van der Waals surface area contributed by atoms with Crippen LogP contribution in [0.4, 0.5) is 0 Å². The van der Waals surface area contributed by atoms with E-state index in [4.69, 9.17) is 37.9 Å². The molecule has 4 heterocycles. The van der Waals surface area contributed by atoms with Gasteiger partial charge in [0.25, 0.3) is 0 Å². The third kappa shape index (κ3) is 8.90. The van der Waals surface area contributed by atoms with Gasteiger partial charge >= 0.3 is 0 Å². The number of hydrogen-bond acceptors (Lipinski definition) is 21. The van der Waals surface area contributed by atoms with Crippen molar-refractivity contribution in [2.45, 2.75) is 195 Å². The van der Waals surface area contributed by atoms with E-state index in [2.05, 4.69) is 26.8 Å². The quantitative estimate of drug-likeness (QED) is 0.0760. The maximum atomic E-state index is 12.4. The zero-order chi connectivity index (χ0) is 48.7. The molecule has 0 amide bonds. The van der Waals surface area contributed by atoms with Crippen LogP contribution in [0.5, 0.6) is 0 Å². The van der Waals surface area contributed by atoms with E-state index in [-0.39, 0.29) is 47.5 Å². The van der Waals surface area contributed by atoms with Crippen molar-refractivity contribution in [3.8, 4) is 0 Å². The van der Waals surface area contributed by atoms with E-state index in [1.807, 2.05) is 6.92 Å². The van der Waals surface area contributed by atoms with Gasteiger partial charge in [-0.1, -0.05) is 39.3 Å². The number of ether oxygens (including phenoxy) is 8. The van der Waals surface area contributed by atoms with Crippen LogP contribution in [-0.4, -0.2) is 222 Å². The average molecular weight is 965 g/mol. The number of fused-ring (bicyclic) bond motifs is 7. The molecule has 386 valence electrons. The zero-order valence-corrected chi connectivity index (χ0v) is 38.9. The first-order valence-electron chi connectivity index (χ1n) is 24.1. The smallest absolute Gasteiger partial charge is 0.187 e. The Morgan fingerprint density at radius 2 is 1.30 bits per heavy atom. The molecule has 0 bridgehead atoms. The Morgan fingerprint density at radius 3 is 1.93 bits per heavy atom. The minimum atomic E-state index is -1.80. The molecule has 8 rings (SSSR count). The van der Waals surface area contributed by atoms with Crippen LogP contribution in [-0.2, 0) is 37.9 Å². The van der Waals surface area contributed by atoms with Crippen molar-refractivity contribution in [2.24, 2.45) is 46.3 Å². The Kier molecular flexibility index (Phi) is 15.6. The third-order valence-corrected chi connectivity index (χ3v) is 17.8. The molecule has 28 atom stereocenters. The fourth-order valence-electron chi connectivity index (χ4n) is 14.0. The Hall–Kier alpha value is -1.10. The molecule has 4 aliphatic heterocycles. The van der Waals surface area contributed by atoms with Crippen molar-refractivity contribution in [3.05, 3.63) is 11.6 Å². The van der Waals surface area contributed by atoms with Crippen molar-refractivity contribution in [1.82, 2.24) is 0 Å². The molecule has 4 saturated heterocycles. The Labute approximate surface area is 390 Å². The summed E-state index contributed by atoms with van der Waals surface area (Å²) in [7, 11) is 1.63. The minimum absolute atomic E-state index is 0.00999. The van der Waals surface area contributed by atoms with Crippen LogP contribution < -0.4 is 0 Å². The molecule has 0 spiro atoms. The summed E-state index contributed by atoms with van der Waals surface area (Å²) in [5.41, 5.74) is 0.356. The highest BCUT2D eigenvalue weighted by atomic mass is 16.7. The molecule has 7 fully saturated rings. The highest BCUT2D eigenvalue weighted by Gasteiger charge is 2.72. The fourth-order valence-corrected chi connectivity index (χ4v) is 14.0. The van der Waals surface area contributed by atoms with Gasteiger partial charge < -0.3 is 104 Å². The normalized spacial score (nSPS) is 54.7. The van der Waals surface area contributed by atoms with Crippen molar-refractivity contribution in [3.63, 3.8) is 0 Å². The summed E-state index contributed by atoms with van der Waals surface area (Å²) in [5, 5.41) is 138. The number of rotatable bonds is 14. The lowest BCUT2D eigenvalue weighted by atomic mass is 9.46. The van der Waals surface area contributed by atoms with Gasteiger partial charge in [-0.2, -0.15) is 0 Å². The maximum absolute atomic E-state index is 12.4. The summed E-state index contributed by atoms with van der Waals surface area (Å²) >= 11 is 0. The largest absolute Gasteiger partial charge is 0.394 e. The van der Waals surface area contributed by atoms with Gasteiger partial charge in [-0.15, -0.1) is 0 Å². The Bertz CT molecular complexity index is 1710. The molecule has 3 saturated carbocycles. The molecule has 21 heteroatoms. The summed E-state index contributed by atoms with van der Waals surface area (Å²) < 4.78 is 47.6. The minimum Gasteiger partial charge on any atom is -0.394 e. The molecule has 21 nitrogen and oxygen atoms in total. The number of allylic oxidation sites excluding steroid dienone is 1. The van der Waals surface area contributed by atoms with Gasteiger partial charge in [0.15, 0.2) is 24.7 Å². The van der Waals surface area contributed by atoms with E-state index in [1.165, 1.54) is 0 Å². The zero-order valence-electron chi connectivity index (χ0n) is 38.9. The fraction of sp³-hybridized carbons (Fsp3) is 0.957. The first-order chi connectivity index (χ1) is 31.7. The van der Waals surface area contributed by atoms with Gasteiger partial charge in [0.2, 0.25) is 0 Å². The van der Waals surface area contributed by atoms with Crippen LogP contribution in [0.15, 0.2) is 11.6 Å². The number of aliphatic hydroxyl groups is 13. The lowest BCUT2D eigenvalue weighted by Crippen LogP contribution is -2.65. The van der Waals surface area contributed by atoms with Crippen LogP contribution in [0, 0.1) is 46.3 Å². The van der Waals surface area contributed by atoms with Gasteiger partial charge in [0, 0.05) is 25.4 Å². The lowest BCUT2D eigenvalue weighted by molar-refractivity contribution is -0.365. The average Bonchev–Trinajstić information content (AvgIpc) is 3.73. The van der Waals surface area contributed by atoms with Crippen LogP contribution in [0.25, 0.3) is 0 Å². The molecular formula is C46H76O21. The van der Waals surface area contributed by atoms with E-state index >= 15 is 0 Å². The molecular weight excluding hydrogens is 888 g/mol. The molecule has 0 aromatic heterocycles. The van der Waals surface area contributed by atoms with Crippen LogP contribution in [0.3, 0.4) is 0 Å². The summed E-state index contributed by atoms with van der Waals surface area (Å²) in [6, 6.07) is 0. The molecule has 0 unspecified atom stereocenters. The van der Waals surface area contributed by atoms with Crippen molar-refractivity contribution < 1.29 is 104 Å². The van der Waals surface area contributed by atoms with Gasteiger partial charge in [-0.25, -0.2) is 0 Å². The summed E-state index contributed by atoms with van der Waals surface area (Å²) in [6.07, 6.45) is -19.6. The predicted molar refractivity (Wildman–Crippen MR) is 227 cm³/mol. The summed E-state index contributed by atoms with van der Waals surface area (Å²) in [6.45, 7) is 6.71. The first-order valence-corrected chi connectivity index (χ1v) is 24.1. The van der Waals surface area contributed by atoms with Crippen molar-refractivity contribution >= 4 is 0 Å². The second-order valence-electron chi connectivity index (χ2n) is 21.5. The van der Waals surface area contributed by atoms with Crippen LogP contribution >= 0.6 is 0 Å². The monoisotopic (exact) mass is 964 g/mol. The Balaban J connectivity index is 0.894. The highest BCUT2D eigenvalue weighted by Crippen LogP contribution is 2.70. The topological polar surface area (TPSA) is 337 Å². The maximum Gasteiger partial charge on any atom is 0.187 e. The predicted octanol–water partition coefficient (Wildman–Crippen LogP) is -3.26. The Morgan fingerprint density at radius 1 is 0.716 bits per heavy atom. The molecule has 13 N–H and O–H groups in total. The highest BCUT2D eigenvalue weighted by molar-refractivity contribution is 5.28. The van der Waals surface area contributed by atoms with Crippen LogP contribution in [0.1, 0.15) is 72.6 Å². The van der Waals surface area contributed by atoms with Gasteiger partial charge in [-0.3, -0.25) is 0 Å². The number of methoxy groups -OCH3 is 1. The molecule has 0 aromatic rings. The van der Waals surface area contributed by atoms with Crippen LogP contribution in [0.2, 0.25) is 0 Å². The number of hydrogen-bond donors (Lipinski definition) is 13. The lowest BCUT2D eigenvalue weighted by Gasteiger charge is -2.59. The standard InChI is InChI=1S/C46H76O21/c1-18(17-61-41-36(57)33(54)30(51)25(14-47)63-41)8-11-46(60-5)19(2)28-40(67-46)32(53)29-21-7-6-20-12-24(23(50)13-45(20,4)22(21)9-10-44(28,29)3)62-42-38(59)35(56)39(27(16-49)65-42)66-43-37(58)34(55)31(52)26(15-48)64-43/h6,18-19,21-43,47-59H,7-17H2,1-5H3/t18-,19+,21-,22+,23-,24-,25-,26-,27-,28+,29-,30-,31-,32+,33+,34+,35-,36-,37-,38-,39+,40-,41-,42-,43+,44+,45+,46-/m1/s1. The second-order valence-corrected chi connectivity index (χ2v) is 21.5. The van der Waals surface area contributed by atoms with E-state index in [0.29, 0.717) is 32.1 Å². The van der Waals surface area contributed by atoms with Crippen molar-refractivity contribution in [1.29, 1.82) is 0 Å². The summed E-state index contributed by atoms with van der Waals surface area (Å²) in [5.74, 6) is -1.02. The molecule has 4 aliphatic carbocycles. The van der Waals surface area contributed by atoms with E-state index < -0.39 is 148 Å². The first kappa shape index (κ1) is 52.2. The molecule has 0 radical (unpaired) electrons. The van der Waals surface area contributed by atoms with Gasteiger partial charge in [0.05, 0.1) is 50.8 Å². The van der Waals surface area contributed by atoms with Gasteiger partial charge in [-0.05, 0) is 73.0 Å². The summed E-state index contributed by atoms with van der Waals surface area (Å²) in [4.78, 5) is 0. The molecule has 8 aliphatic rings. The molecule has 0 aromatic carbocycles. The SMILES string of the molecule is CO[C@]1(CC[C@@H](C)CO[C@@H]2O[C@H](CO)[C@@H](O)[C@H](O)[C@H]2O)O[C@H]2[C@@H](O)[C@H]3[C@@H]4CC=C5C[C@@H](O[C@@H]6O[C@H](CO)[C@H](O[C@@H]7O[C@H](CO)[C@@H](O)[C@H](O)[C@H]7O)[C@H](O)[C@H]6O)[C@H](O)C[C@]5(C)[C@H]4CC[C@@]3(C)[C@H]2[C@@H]1C. The number of aliphatic hydroxyl groups excluding tert-OH is 13. The van der Waals surface area contributed by atoms with Gasteiger partial charge in [0.1, 0.15) is 73.2 Å². The van der Waals surface area contributed by atoms with E-state index in [1.54, 1.807) is 7.11 Å². The molecule has 67 heavy (non-hydrogen) atoms. The third-order valence-electron chi connectivity index (χ3n) is 17.8. The van der Waals surface area contributed by atoms with E-state index in [9.17, 15) is 66.4 Å². The second kappa shape index (κ2) is 20.1. The van der Waals surface area contributed by atoms with E-state index in [0.717, 1.165) is 18.4 Å². The van der Waals surface area contributed by atoms with Crippen molar-refractivity contribution in [2.75, 3.05) is 33.5 Å².